The van der Waals surface area contributed by atoms with Gasteiger partial charge in [-0.1, -0.05) is 36.4 Å². The molecule has 0 unspecified atom stereocenters. The number of carbonyl (C=O) groups is 1. The fourth-order valence-electron chi connectivity index (χ4n) is 4.01. The van der Waals surface area contributed by atoms with Crippen LogP contribution in [0, 0.1) is 0 Å². The van der Waals surface area contributed by atoms with E-state index in [1.54, 1.807) is 13.2 Å². The van der Waals surface area contributed by atoms with Gasteiger partial charge in [-0.3, -0.25) is 9.10 Å². The quantitative estimate of drug-likeness (QED) is 0.573. The molecule has 4 rings (SSSR count). The van der Waals surface area contributed by atoms with Crippen molar-refractivity contribution in [2.75, 3.05) is 25.1 Å². The van der Waals surface area contributed by atoms with Crippen LogP contribution in [0.15, 0.2) is 71.6 Å². The number of para-hydroxylation sites is 2. The van der Waals surface area contributed by atoms with E-state index in [1.165, 1.54) is 23.5 Å². The van der Waals surface area contributed by atoms with Gasteiger partial charge in [0.2, 0.25) is 0 Å². The van der Waals surface area contributed by atoms with E-state index in [9.17, 15) is 13.2 Å². The number of sulfonamides is 1. The summed E-state index contributed by atoms with van der Waals surface area (Å²) in [6.45, 7) is 0.614. The zero-order valence-electron chi connectivity index (χ0n) is 18.6. The number of fused-ring (bicyclic) bond motifs is 1. The predicted molar refractivity (Wildman–Crippen MR) is 126 cm³/mol. The molecule has 1 aliphatic rings. The Kier molecular flexibility index (Phi) is 6.55. The molecule has 0 aliphatic carbocycles. The monoisotopic (exact) mass is 466 g/mol. The third-order valence-corrected chi connectivity index (χ3v) is 7.53. The number of nitrogens with zero attached hydrogens (tertiary/aromatic N) is 1. The highest BCUT2D eigenvalue weighted by Crippen LogP contribution is 2.35. The maximum absolute atomic E-state index is 13.7. The number of hydrogen-bond donors (Lipinski definition) is 1. The van der Waals surface area contributed by atoms with Crippen molar-refractivity contribution in [1.82, 2.24) is 5.32 Å². The fourth-order valence-corrected chi connectivity index (χ4v) is 5.74. The minimum atomic E-state index is -3.94. The molecule has 0 atom stereocenters. The minimum absolute atomic E-state index is 0.0355. The summed E-state index contributed by atoms with van der Waals surface area (Å²) in [6, 6.07) is 19.3. The smallest absolute Gasteiger partial charge is 0.268 e. The molecule has 0 aromatic heterocycles. The molecular weight excluding hydrogens is 440 g/mol. The van der Waals surface area contributed by atoms with Crippen LogP contribution in [0.25, 0.3) is 0 Å². The average Bonchev–Trinajstić information content (AvgIpc) is 2.86. The summed E-state index contributed by atoms with van der Waals surface area (Å²) >= 11 is 0. The van der Waals surface area contributed by atoms with Crippen LogP contribution in [0.3, 0.4) is 0 Å². The van der Waals surface area contributed by atoms with Crippen LogP contribution >= 0.6 is 0 Å². The van der Waals surface area contributed by atoms with Crippen molar-refractivity contribution in [3.63, 3.8) is 0 Å². The minimum Gasteiger partial charge on any atom is -0.496 e. The lowest BCUT2D eigenvalue weighted by molar-refractivity contribution is 0.0950. The Hall–Kier alpha value is -3.52. The third-order valence-electron chi connectivity index (χ3n) is 5.69. The highest BCUT2D eigenvalue weighted by molar-refractivity contribution is 7.93. The lowest BCUT2D eigenvalue weighted by Crippen LogP contribution is -2.35. The number of ether oxygens (including phenoxy) is 2. The Labute approximate surface area is 194 Å². The molecule has 33 heavy (non-hydrogen) atoms. The molecular formula is C25H26N2O5S. The largest absolute Gasteiger partial charge is 0.496 e. The SMILES string of the molecule is COc1ccccc1CNC(=O)c1ccc(OC)c(S(=O)(=O)N2CCCc3ccccc32)c1. The van der Waals surface area contributed by atoms with Crippen LogP contribution in [0.1, 0.15) is 27.9 Å². The van der Waals surface area contributed by atoms with Gasteiger partial charge in [0, 0.05) is 24.2 Å². The standard InChI is InChI=1S/C25H26N2O5S/c1-31-22-12-6-4-9-20(22)17-26-25(28)19-13-14-23(32-2)24(16-19)33(29,30)27-15-7-10-18-8-3-5-11-21(18)27/h3-6,8-9,11-14,16H,7,10,15,17H2,1-2H3,(H,26,28). The third kappa shape index (κ3) is 4.52. The zero-order chi connectivity index (χ0) is 23.4. The van der Waals surface area contributed by atoms with E-state index < -0.39 is 10.0 Å². The molecule has 0 saturated heterocycles. The van der Waals surface area contributed by atoms with Crippen molar-refractivity contribution in [1.29, 1.82) is 0 Å². The van der Waals surface area contributed by atoms with Crippen molar-refractivity contribution in [3.8, 4) is 11.5 Å². The molecule has 3 aromatic rings. The first-order valence-corrected chi connectivity index (χ1v) is 12.1. The van der Waals surface area contributed by atoms with Gasteiger partial charge in [0.15, 0.2) is 0 Å². The molecule has 0 fully saturated rings. The maximum Gasteiger partial charge on any atom is 0.268 e. The van der Waals surface area contributed by atoms with Crippen LogP contribution in [0.2, 0.25) is 0 Å². The number of carbonyl (C=O) groups excluding carboxylic acids is 1. The summed E-state index contributed by atoms with van der Waals surface area (Å²) < 4.78 is 39.4. The highest BCUT2D eigenvalue weighted by atomic mass is 32.2. The van der Waals surface area contributed by atoms with Crippen molar-refractivity contribution in [2.24, 2.45) is 0 Å². The maximum atomic E-state index is 13.7. The number of amides is 1. The Balaban J connectivity index is 1.64. The van der Waals surface area contributed by atoms with Crippen LogP contribution in [0.4, 0.5) is 5.69 Å². The van der Waals surface area contributed by atoms with E-state index >= 15 is 0 Å². The lowest BCUT2D eigenvalue weighted by Gasteiger charge is -2.31. The molecule has 1 aliphatic heterocycles. The van der Waals surface area contributed by atoms with Gasteiger partial charge >= 0.3 is 0 Å². The second kappa shape index (κ2) is 9.54. The van der Waals surface area contributed by atoms with E-state index in [4.69, 9.17) is 9.47 Å². The molecule has 3 aromatic carbocycles. The van der Waals surface area contributed by atoms with Gasteiger partial charge in [-0.05, 0) is 48.7 Å². The van der Waals surface area contributed by atoms with Gasteiger partial charge in [0.05, 0.1) is 19.9 Å². The fraction of sp³-hybridized carbons (Fsp3) is 0.240. The van der Waals surface area contributed by atoms with Gasteiger partial charge in [0.25, 0.3) is 15.9 Å². The summed E-state index contributed by atoms with van der Waals surface area (Å²) in [7, 11) is -0.958. The zero-order valence-corrected chi connectivity index (χ0v) is 19.4. The Morgan fingerprint density at radius 2 is 1.70 bits per heavy atom. The predicted octanol–water partition coefficient (Wildman–Crippen LogP) is 3.78. The first-order chi connectivity index (χ1) is 16.0. The first kappa shape index (κ1) is 22.7. The molecule has 172 valence electrons. The van der Waals surface area contributed by atoms with Gasteiger partial charge in [-0.25, -0.2) is 8.42 Å². The average molecular weight is 467 g/mol. The number of anilines is 1. The normalized spacial score (nSPS) is 13.2. The molecule has 7 nitrogen and oxygen atoms in total. The van der Waals surface area contributed by atoms with Crippen LogP contribution in [-0.2, 0) is 23.0 Å². The van der Waals surface area contributed by atoms with Crippen molar-refractivity contribution < 1.29 is 22.7 Å². The summed E-state index contributed by atoms with van der Waals surface area (Å²) in [4.78, 5) is 12.8. The summed E-state index contributed by atoms with van der Waals surface area (Å²) in [5, 5.41) is 2.83. The molecule has 1 N–H and O–H groups in total. The molecule has 1 amide bonds. The van der Waals surface area contributed by atoms with Crippen molar-refractivity contribution >= 4 is 21.6 Å². The topological polar surface area (TPSA) is 84.9 Å². The van der Waals surface area contributed by atoms with Gasteiger partial charge in [-0.15, -0.1) is 0 Å². The van der Waals surface area contributed by atoms with E-state index in [2.05, 4.69) is 5.32 Å². The number of hydrogen-bond acceptors (Lipinski definition) is 5. The molecule has 0 radical (unpaired) electrons. The van der Waals surface area contributed by atoms with Crippen LogP contribution in [0.5, 0.6) is 11.5 Å². The first-order valence-electron chi connectivity index (χ1n) is 10.6. The Morgan fingerprint density at radius 1 is 0.970 bits per heavy atom. The molecule has 0 spiro atoms. The summed E-state index contributed by atoms with van der Waals surface area (Å²) in [5.41, 5.74) is 2.70. The van der Waals surface area contributed by atoms with E-state index in [-0.39, 0.29) is 28.7 Å². The number of methoxy groups -OCH3 is 2. The van der Waals surface area contributed by atoms with Gasteiger partial charge < -0.3 is 14.8 Å². The summed E-state index contributed by atoms with van der Waals surface area (Å²) in [6.07, 6.45) is 1.54. The van der Waals surface area contributed by atoms with Crippen LogP contribution < -0.4 is 19.1 Å². The molecule has 1 heterocycles. The van der Waals surface area contributed by atoms with Gasteiger partial charge in [-0.2, -0.15) is 0 Å². The lowest BCUT2D eigenvalue weighted by atomic mass is 10.0. The van der Waals surface area contributed by atoms with E-state index in [1.807, 2.05) is 48.5 Å². The summed E-state index contributed by atoms with van der Waals surface area (Å²) in [5.74, 6) is 0.470. The van der Waals surface area contributed by atoms with Gasteiger partial charge in [0.1, 0.15) is 16.4 Å². The molecule has 0 bridgehead atoms. The second-order valence-electron chi connectivity index (χ2n) is 7.67. The number of nitrogens with one attached hydrogen (secondary N) is 1. The second-order valence-corrected chi connectivity index (χ2v) is 9.50. The molecule has 0 saturated carbocycles. The number of benzene rings is 3. The highest BCUT2D eigenvalue weighted by Gasteiger charge is 2.32. The van der Waals surface area contributed by atoms with Crippen molar-refractivity contribution in [3.05, 3.63) is 83.4 Å². The van der Waals surface area contributed by atoms with E-state index in [0.717, 1.165) is 24.0 Å². The molecule has 8 heteroatoms. The Morgan fingerprint density at radius 3 is 2.48 bits per heavy atom. The number of rotatable bonds is 7. The van der Waals surface area contributed by atoms with Crippen LogP contribution in [-0.4, -0.2) is 35.1 Å². The van der Waals surface area contributed by atoms with E-state index in [0.29, 0.717) is 18.0 Å². The number of aryl methyl sites for hydroxylation is 1. The van der Waals surface area contributed by atoms with Crippen molar-refractivity contribution in [2.45, 2.75) is 24.3 Å². The Bertz CT molecular complexity index is 1270.